The average Bonchev–Trinajstić information content (AvgIpc) is 2.97. The highest BCUT2D eigenvalue weighted by atomic mass is 32.1. The summed E-state index contributed by atoms with van der Waals surface area (Å²) in [5.74, 6) is -3.41. The third-order valence-electron chi connectivity index (χ3n) is 3.55. The first-order chi connectivity index (χ1) is 12.8. The van der Waals surface area contributed by atoms with Gasteiger partial charge >= 0.3 is 23.8 Å². The van der Waals surface area contributed by atoms with Crippen LogP contribution in [0.2, 0.25) is 0 Å². The summed E-state index contributed by atoms with van der Waals surface area (Å²) < 4.78 is 9.25. The second kappa shape index (κ2) is 8.41. The van der Waals surface area contributed by atoms with Gasteiger partial charge in [0.05, 0.1) is 36.7 Å². The number of nitrogens with zero attached hydrogens (tertiary/aromatic N) is 1. The highest BCUT2D eigenvalue weighted by molar-refractivity contribution is 7.15. The molecule has 1 aromatic heterocycles. The second-order valence-corrected chi connectivity index (χ2v) is 6.52. The van der Waals surface area contributed by atoms with E-state index in [-0.39, 0.29) is 21.9 Å². The maximum atomic E-state index is 12.2. The molecule has 9 nitrogen and oxygen atoms in total. The van der Waals surface area contributed by atoms with E-state index in [0.717, 1.165) is 10.6 Å². The predicted molar refractivity (Wildman–Crippen MR) is 98.0 cm³/mol. The molecule has 2 aromatic rings. The molecule has 2 amide bonds. The number of ether oxygens (including phenoxy) is 2. The number of amides is 2. The minimum atomic E-state index is -1.03. The van der Waals surface area contributed by atoms with Crippen molar-refractivity contribution in [3.8, 4) is 0 Å². The summed E-state index contributed by atoms with van der Waals surface area (Å²) >= 11 is 1.23. The Kier molecular flexibility index (Phi) is 6.24. The number of rotatable bonds is 4. The first-order valence-electron chi connectivity index (χ1n) is 7.63. The van der Waals surface area contributed by atoms with Crippen molar-refractivity contribution >= 4 is 45.9 Å². The maximum absolute atomic E-state index is 12.2. The number of thiazole rings is 1. The van der Waals surface area contributed by atoms with Gasteiger partial charge in [-0.3, -0.25) is 14.9 Å². The summed E-state index contributed by atoms with van der Waals surface area (Å²) in [7, 11) is 2.36. The molecule has 2 N–H and O–H groups in total. The molecule has 0 radical (unpaired) electrons. The lowest BCUT2D eigenvalue weighted by Crippen LogP contribution is -2.30. The van der Waals surface area contributed by atoms with Crippen LogP contribution in [0, 0.1) is 13.8 Å². The Morgan fingerprint density at radius 1 is 0.963 bits per heavy atom. The average molecular weight is 391 g/mol. The third-order valence-corrected chi connectivity index (χ3v) is 4.54. The van der Waals surface area contributed by atoms with Gasteiger partial charge in [0, 0.05) is 4.88 Å². The first-order valence-corrected chi connectivity index (χ1v) is 8.45. The standard InChI is InChI=1S/C17H17N3O6S/c1-8-9(2)27-17(18-8)20-14(22)13(21)19-12-7-10(15(23)25-3)5-6-11(12)16(24)26-4/h5-7H,1-4H3,(H,19,21)(H,18,20,22). The lowest BCUT2D eigenvalue weighted by molar-refractivity contribution is -0.133. The van der Waals surface area contributed by atoms with Crippen molar-refractivity contribution in [2.75, 3.05) is 24.9 Å². The van der Waals surface area contributed by atoms with E-state index in [0.29, 0.717) is 0 Å². The first kappa shape index (κ1) is 20.0. The molecule has 1 heterocycles. The quantitative estimate of drug-likeness (QED) is 0.603. The monoisotopic (exact) mass is 391 g/mol. The highest BCUT2D eigenvalue weighted by Crippen LogP contribution is 2.22. The van der Waals surface area contributed by atoms with Crippen LogP contribution in [0.5, 0.6) is 0 Å². The zero-order valence-corrected chi connectivity index (χ0v) is 15.9. The molecule has 0 spiro atoms. The van der Waals surface area contributed by atoms with Gasteiger partial charge in [0.1, 0.15) is 0 Å². The van der Waals surface area contributed by atoms with Gasteiger partial charge in [-0.25, -0.2) is 14.6 Å². The molecule has 1 aromatic carbocycles. The molecule has 2 rings (SSSR count). The minimum Gasteiger partial charge on any atom is -0.465 e. The van der Waals surface area contributed by atoms with Crippen LogP contribution < -0.4 is 10.6 Å². The summed E-state index contributed by atoms with van der Waals surface area (Å²) in [6, 6.07) is 3.86. The SMILES string of the molecule is COC(=O)c1ccc(C(=O)OC)c(NC(=O)C(=O)Nc2nc(C)c(C)s2)c1. The van der Waals surface area contributed by atoms with Gasteiger partial charge in [0.2, 0.25) is 0 Å². The smallest absolute Gasteiger partial charge is 0.339 e. The summed E-state index contributed by atoms with van der Waals surface area (Å²) in [6.07, 6.45) is 0. The predicted octanol–water partition coefficient (Wildman–Crippen LogP) is 1.91. The van der Waals surface area contributed by atoms with Crippen molar-refractivity contribution in [2.45, 2.75) is 13.8 Å². The number of carbonyl (C=O) groups excluding carboxylic acids is 4. The molecule has 0 aliphatic carbocycles. The van der Waals surface area contributed by atoms with Crippen molar-refractivity contribution in [2.24, 2.45) is 0 Å². The highest BCUT2D eigenvalue weighted by Gasteiger charge is 2.21. The largest absolute Gasteiger partial charge is 0.465 e. The van der Waals surface area contributed by atoms with Crippen LogP contribution in [0.25, 0.3) is 0 Å². The molecule has 142 valence electrons. The van der Waals surface area contributed by atoms with Crippen molar-refractivity contribution in [1.29, 1.82) is 0 Å². The van der Waals surface area contributed by atoms with Gasteiger partial charge < -0.3 is 14.8 Å². The van der Waals surface area contributed by atoms with Gasteiger partial charge in [-0.05, 0) is 32.0 Å². The molecule has 0 bridgehead atoms. The van der Waals surface area contributed by atoms with Crippen LogP contribution in [0.1, 0.15) is 31.3 Å². The van der Waals surface area contributed by atoms with Gasteiger partial charge in [0.25, 0.3) is 0 Å². The normalized spacial score (nSPS) is 10.1. The van der Waals surface area contributed by atoms with Gasteiger partial charge in [-0.15, -0.1) is 11.3 Å². The van der Waals surface area contributed by atoms with E-state index in [1.54, 1.807) is 6.92 Å². The lowest BCUT2D eigenvalue weighted by Gasteiger charge is -2.11. The molecule has 27 heavy (non-hydrogen) atoms. The number of hydrogen-bond donors (Lipinski definition) is 2. The molecule has 0 unspecified atom stereocenters. The molecular formula is C17H17N3O6S. The van der Waals surface area contributed by atoms with Crippen LogP contribution in [0.3, 0.4) is 0 Å². The molecule has 0 saturated heterocycles. The van der Waals surface area contributed by atoms with Crippen molar-refractivity contribution in [3.63, 3.8) is 0 Å². The zero-order chi connectivity index (χ0) is 20.1. The van der Waals surface area contributed by atoms with E-state index < -0.39 is 23.8 Å². The number of nitrogens with one attached hydrogen (secondary N) is 2. The molecule has 0 atom stereocenters. The number of esters is 2. The molecule has 0 aliphatic rings. The van der Waals surface area contributed by atoms with Crippen molar-refractivity contribution in [3.05, 3.63) is 39.9 Å². The lowest BCUT2D eigenvalue weighted by atomic mass is 10.1. The molecule has 0 saturated carbocycles. The molecular weight excluding hydrogens is 374 g/mol. The number of aryl methyl sites for hydroxylation is 2. The van der Waals surface area contributed by atoms with Crippen LogP contribution in [-0.2, 0) is 19.1 Å². The number of anilines is 2. The Morgan fingerprint density at radius 3 is 2.15 bits per heavy atom. The number of aromatic nitrogens is 1. The topological polar surface area (TPSA) is 124 Å². The van der Waals surface area contributed by atoms with Crippen LogP contribution in [-0.4, -0.2) is 43.0 Å². The Hall–Kier alpha value is -3.27. The van der Waals surface area contributed by atoms with E-state index >= 15 is 0 Å². The van der Waals surface area contributed by atoms with E-state index in [1.165, 1.54) is 43.8 Å². The number of hydrogen-bond acceptors (Lipinski definition) is 8. The second-order valence-electron chi connectivity index (χ2n) is 5.31. The summed E-state index contributed by atoms with van der Waals surface area (Å²) in [5.41, 5.74) is 0.755. The maximum Gasteiger partial charge on any atom is 0.339 e. The Bertz CT molecular complexity index is 902. The number of benzene rings is 1. The third kappa shape index (κ3) is 4.67. The molecule has 10 heteroatoms. The summed E-state index contributed by atoms with van der Waals surface area (Å²) in [5, 5.41) is 4.97. The Balaban J connectivity index is 2.24. The van der Waals surface area contributed by atoms with E-state index in [9.17, 15) is 19.2 Å². The zero-order valence-electron chi connectivity index (χ0n) is 15.0. The molecule has 0 aliphatic heterocycles. The fourth-order valence-electron chi connectivity index (χ4n) is 2.04. The van der Waals surface area contributed by atoms with Gasteiger partial charge in [0.15, 0.2) is 5.13 Å². The number of methoxy groups -OCH3 is 2. The summed E-state index contributed by atoms with van der Waals surface area (Å²) in [4.78, 5) is 52.9. The van der Waals surface area contributed by atoms with Crippen molar-refractivity contribution in [1.82, 2.24) is 4.98 Å². The van der Waals surface area contributed by atoms with Crippen LogP contribution >= 0.6 is 11.3 Å². The fourth-order valence-corrected chi connectivity index (χ4v) is 2.85. The van der Waals surface area contributed by atoms with E-state index in [1.807, 2.05) is 6.92 Å². The van der Waals surface area contributed by atoms with Crippen molar-refractivity contribution < 1.29 is 28.7 Å². The minimum absolute atomic E-state index is 0.0211. The number of carbonyl (C=O) groups is 4. The fraction of sp³-hybridized carbons (Fsp3) is 0.235. The van der Waals surface area contributed by atoms with Crippen LogP contribution in [0.15, 0.2) is 18.2 Å². The van der Waals surface area contributed by atoms with Crippen LogP contribution in [0.4, 0.5) is 10.8 Å². The Morgan fingerprint density at radius 2 is 1.59 bits per heavy atom. The summed E-state index contributed by atoms with van der Waals surface area (Å²) in [6.45, 7) is 3.62. The van der Waals surface area contributed by atoms with E-state index in [4.69, 9.17) is 0 Å². The Labute approximate surface area is 158 Å². The van der Waals surface area contributed by atoms with E-state index in [2.05, 4.69) is 25.1 Å². The van der Waals surface area contributed by atoms with Gasteiger partial charge in [-0.1, -0.05) is 0 Å². The molecule has 0 fully saturated rings. The van der Waals surface area contributed by atoms with Gasteiger partial charge in [-0.2, -0.15) is 0 Å².